The van der Waals surface area contributed by atoms with E-state index in [1.54, 1.807) is 0 Å². The van der Waals surface area contributed by atoms with E-state index in [9.17, 15) is 0 Å². The maximum Gasteiger partial charge on any atom is 0.241 e. The Balaban J connectivity index is 2.44. The van der Waals surface area contributed by atoms with Crippen molar-refractivity contribution in [3.05, 3.63) is 53.3 Å². The SMILES string of the molecule is C/C1=C\CCC(C)C/C(O[Si](C)(C)C)=C(/c2ccccc2)CC1. The first-order valence-electron chi connectivity index (χ1n) is 8.97. The molecular formula is C21H32OSi. The molecule has 0 bridgehead atoms. The van der Waals surface area contributed by atoms with Gasteiger partial charge in [-0.25, -0.2) is 0 Å². The van der Waals surface area contributed by atoms with E-state index in [2.05, 4.69) is 69.9 Å². The van der Waals surface area contributed by atoms with Crippen molar-refractivity contribution in [1.29, 1.82) is 0 Å². The van der Waals surface area contributed by atoms with Crippen molar-refractivity contribution in [2.24, 2.45) is 5.92 Å². The van der Waals surface area contributed by atoms with Crippen LogP contribution >= 0.6 is 0 Å². The molecule has 1 aromatic rings. The topological polar surface area (TPSA) is 9.23 Å². The van der Waals surface area contributed by atoms with Crippen LogP contribution in [0.15, 0.2) is 47.7 Å². The van der Waals surface area contributed by atoms with Crippen molar-refractivity contribution in [1.82, 2.24) is 0 Å². The van der Waals surface area contributed by atoms with Gasteiger partial charge in [-0.15, -0.1) is 0 Å². The van der Waals surface area contributed by atoms with Crippen molar-refractivity contribution in [2.45, 2.75) is 65.6 Å². The Morgan fingerprint density at radius 2 is 1.74 bits per heavy atom. The van der Waals surface area contributed by atoms with Gasteiger partial charge in [0.1, 0.15) is 0 Å². The van der Waals surface area contributed by atoms with Crippen molar-refractivity contribution in [2.75, 3.05) is 0 Å². The summed E-state index contributed by atoms with van der Waals surface area (Å²) in [5, 5.41) is 0. The lowest BCUT2D eigenvalue weighted by Crippen LogP contribution is -2.26. The van der Waals surface area contributed by atoms with Crippen LogP contribution in [0, 0.1) is 5.92 Å². The summed E-state index contributed by atoms with van der Waals surface area (Å²) in [5.74, 6) is 1.93. The zero-order chi connectivity index (χ0) is 16.9. The molecule has 2 heteroatoms. The van der Waals surface area contributed by atoms with Crippen LogP contribution in [-0.4, -0.2) is 8.32 Å². The second kappa shape index (κ2) is 8.01. The number of benzene rings is 1. The minimum absolute atomic E-state index is 0.669. The molecule has 0 N–H and O–H groups in total. The highest BCUT2D eigenvalue weighted by molar-refractivity contribution is 6.70. The van der Waals surface area contributed by atoms with Crippen LogP contribution < -0.4 is 0 Å². The van der Waals surface area contributed by atoms with Gasteiger partial charge < -0.3 is 4.43 Å². The predicted molar refractivity (Wildman–Crippen MR) is 104 cm³/mol. The number of hydrogen-bond donors (Lipinski definition) is 0. The minimum Gasteiger partial charge on any atom is -0.547 e. The Morgan fingerprint density at radius 1 is 1.04 bits per heavy atom. The highest BCUT2D eigenvalue weighted by atomic mass is 28.4. The third-order valence-corrected chi connectivity index (χ3v) is 5.20. The first kappa shape index (κ1) is 18.1. The fraction of sp³-hybridized carbons (Fsp3) is 0.524. The van der Waals surface area contributed by atoms with Gasteiger partial charge >= 0.3 is 0 Å². The predicted octanol–water partition coefficient (Wildman–Crippen LogP) is 6.80. The molecule has 0 aliphatic heterocycles. The lowest BCUT2D eigenvalue weighted by Gasteiger charge is -2.28. The standard InChI is InChI=1S/C21H32OSi/c1-17-10-9-11-18(2)16-21(22-23(3,4)5)20(15-14-17)19-12-7-6-8-13-19/h6-8,10,12-13,18H,9,11,14-16H2,1-5H3/b17-10+,21-20-. The molecule has 1 nitrogen and oxygen atoms in total. The molecule has 0 amide bonds. The molecule has 0 aromatic heterocycles. The second-order valence-corrected chi connectivity index (χ2v) is 12.3. The molecule has 0 spiro atoms. The summed E-state index contributed by atoms with van der Waals surface area (Å²) >= 11 is 0. The lowest BCUT2D eigenvalue weighted by atomic mass is 9.90. The van der Waals surface area contributed by atoms with Crippen LogP contribution in [0.5, 0.6) is 0 Å². The quantitative estimate of drug-likeness (QED) is 0.438. The average Bonchev–Trinajstić information content (AvgIpc) is 2.46. The van der Waals surface area contributed by atoms with E-state index in [4.69, 9.17) is 4.43 Å². The van der Waals surface area contributed by atoms with Crippen molar-refractivity contribution >= 4 is 13.9 Å². The van der Waals surface area contributed by atoms with Crippen LogP contribution in [0.3, 0.4) is 0 Å². The Morgan fingerprint density at radius 3 is 2.39 bits per heavy atom. The zero-order valence-corrected chi connectivity index (χ0v) is 16.5. The van der Waals surface area contributed by atoms with E-state index in [-0.39, 0.29) is 0 Å². The third-order valence-electron chi connectivity index (χ3n) is 4.34. The van der Waals surface area contributed by atoms with Gasteiger partial charge in [0.05, 0.1) is 5.76 Å². The van der Waals surface area contributed by atoms with E-state index in [1.807, 2.05) is 0 Å². The van der Waals surface area contributed by atoms with Crippen molar-refractivity contribution < 1.29 is 4.43 Å². The molecule has 2 rings (SSSR count). The Kier molecular flexibility index (Phi) is 6.29. The maximum atomic E-state index is 6.58. The average molecular weight is 329 g/mol. The van der Waals surface area contributed by atoms with Crippen LogP contribution in [0.2, 0.25) is 19.6 Å². The molecule has 23 heavy (non-hydrogen) atoms. The monoisotopic (exact) mass is 328 g/mol. The summed E-state index contributed by atoms with van der Waals surface area (Å²) in [4.78, 5) is 0. The van der Waals surface area contributed by atoms with Crippen LogP contribution in [0.25, 0.3) is 5.57 Å². The van der Waals surface area contributed by atoms with E-state index in [1.165, 1.54) is 35.3 Å². The van der Waals surface area contributed by atoms with Crippen LogP contribution in [0.1, 0.15) is 51.5 Å². The number of rotatable bonds is 3. The fourth-order valence-corrected chi connectivity index (χ4v) is 4.08. The molecule has 1 unspecified atom stereocenters. The van der Waals surface area contributed by atoms with E-state index >= 15 is 0 Å². The highest BCUT2D eigenvalue weighted by Crippen LogP contribution is 2.33. The smallest absolute Gasteiger partial charge is 0.241 e. The molecule has 1 atom stereocenters. The van der Waals surface area contributed by atoms with E-state index in [0.29, 0.717) is 5.92 Å². The fourth-order valence-electron chi connectivity index (χ4n) is 3.14. The molecule has 0 saturated heterocycles. The summed E-state index contributed by atoms with van der Waals surface area (Å²) in [6.07, 6.45) is 8.17. The van der Waals surface area contributed by atoms with Gasteiger partial charge in [-0.05, 0) is 69.3 Å². The van der Waals surface area contributed by atoms with Gasteiger partial charge in [0.25, 0.3) is 0 Å². The summed E-state index contributed by atoms with van der Waals surface area (Å²) in [6.45, 7) is 11.5. The summed E-state index contributed by atoms with van der Waals surface area (Å²) in [7, 11) is -1.61. The minimum atomic E-state index is -1.61. The summed E-state index contributed by atoms with van der Waals surface area (Å²) in [6, 6.07) is 10.8. The molecular weight excluding hydrogens is 296 g/mol. The zero-order valence-electron chi connectivity index (χ0n) is 15.5. The van der Waals surface area contributed by atoms with Gasteiger partial charge in [-0.2, -0.15) is 0 Å². The molecule has 1 aliphatic carbocycles. The van der Waals surface area contributed by atoms with Gasteiger partial charge in [0.15, 0.2) is 0 Å². The van der Waals surface area contributed by atoms with E-state index < -0.39 is 8.32 Å². The highest BCUT2D eigenvalue weighted by Gasteiger charge is 2.22. The number of allylic oxidation sites excluding steroid dienone is 4. The molecule has 0 radical (unpaired) electrons. The lowest BCUT2D eigenvalue weighted by molar-refractivity contribution is 0.362. The van der Waals surface area contributed by atoms with Crippen LogP contribution in [-0.2, 0) is 4.43 Å². The van der Waals surface area contributed by atoms with Crippen molar-refractivity contribution in [3.8, 4) is 0 Å². The molecule has 0 heterocycles. The van der Waals surface area contributed by atoms with Crippen LogP contribution in [0.4, 0.5) is 0 Å². The molecule has 126 valence electrons. The molecule has 1 aromatic carbocycles. The molecule has 1 aliphatic rings. The largest absolute Gasteiger partial charge is 0.547 e. The Labute approximate surface area is 143 Å². The van der Waals surface area contributed by atoms with Gasteiger partial charge in [0.2, 0.25) is 8.32 Å². The Hall–Kier alpha value is -1.28. The summed E-state index contributed by atoms with van der Waals surface area (Å²) < 4.78 is 6.58. The molecule has 0 saturated carbocycles. The summed E-state index contributed by atoms with van der Waals surface area (Å²) in [5.41, 5.74) is 4.27. The third kappa shape index (κ3) is 6.02. The Bertz CT molecular complexity index is 563. The second-order valence-electron chi connectivity index (χ2n) is 7.92. The van der Waals surface area contributed by atoms with Gasteiger partial charge in [-0.3, -0.25) is 0 Å². The first-order chi connectivity index (χ1) is 10.8. The van der Waals surface area contributed by atoms with E-state index in [0.717, 1.165) is 19.3 Å². The molecule has 0 fully saturated rings. The van der Waals surface area contributed by atoms with Gasteiger partial charge in [-0.1, -0.05) is 48.9 Å². The normalized spacial score (nSPS) is 26.3. The first-order valence-corrected chi connectivity index (χ1v) is 12.4. The van der Waals surface area contributed by atoms with Gasteiger partial charge in [0, 0.05) is 6.42 Å². The van der Waals surface area contributed by atoms with Crippen molar-refractivity contribution in [3.63, 3.8) is 0 Å². The maximum absolute atomic E-state index is 6.58. The number of hydrogen-bond acceptors (Lipinski definition) is 1.